The maximum absolute atomic E-state index is 4.44. The smallest absolute Gasteiger partial charge is 0.126 e. The van der Waals surface area contributed by atoms with Crippen molar-refractivity contribution < 1.29 is 0 Å². The van der Waals surface area contributed by atoms with Crippen molar-refractivity contribution in [2.45, 2.75) is 38.6 Å². The Balaban J connectivity index is 1.71. The number of hydrogen-bond donors (Lipinski definition) is 1. The van der Waals surface area contributed by atoms with Crippen LogP contribution in [-0.2, 0) is 0 Å². The Morgan fingerprint density at radius 3 is 2.82 bits per heavy atom. The fraction of sp³-hybridized carbons (Fsp3) is 0.643. The molecular formula is C14H23N3. The zero-order valence-electron chi connectivity index (χ0n) is 10.9. The normalized spacial score (nSPS) is 16.6. The van der Waals surface area contributed by atoms with Crippen LogP contribution in [0.3, 0.4) is 0 Å². The van der Waals surface area contributed by atoms with Crippen LogP contribution in [0.1, 0.15) is 31.4 Å². The molecule has 1 N–H and O–H groups in total. The zero-order valence-corrected chi connectivity index (χ0v) is 10.9. The van der Waals surface area contributed by atoms with E-state index in [0.29, 0.717) is 0 Å². The maximum atomic E-state index is 4.44. The third-order valence-corrected chi connectivity index (χ3v) is 3.61. The van der Waals surface area contributed by atoms with Gasteiger partial charge in [-0.1, -0.05) is 18.9 Å². The molecule has 0 radical (unpaired) electrons. The SMILES string of the molecule is Cc1cccc(NCCN(C)C2CCCC2)n1. The fourth-order valence-electron chi connectivity index (χ4n) is 2.53. The first-order valence-corrected chi connectivity index (χ1v) is 6.63. The molecule has 1 aliphatic rings. The molecule has 0 atom stereocenters. The minimum absolute atomic E-state index is 0.808. The minimum Gasteiger partial charge on any atom is -0.369 e. The number of aromatic nitrogens is 1. The largest absolute Gasteiger partial charge is 0.369 e. The van der Waals surface area contributed by atoms with Gasteiger partial charge in [0.15, 0.2) is 0 Å². The van der Waals surface area contributed by atoms with Gasteiger partial charge in [-0.15, -0.1) is 0 Å². The van der Waals surface area contributed by atoms with E-state index < -0.39 is 0 Å². The van der Waals surface area contributed by atoms with Gasteiger partial charge in [0.2, 0.25) is 0 Å². The third-order valence-electron chi connectivity index (χ3n) is 3.61. The predicted octanol–water partition coefficient (Wildman–Crippen LogP) is 2.68. The van der Waals surface area contributed by atoms with Gasteiger partial charge in [0.1, 0.15) is 5.82 Å². The van der Waals surface area contributed by atoms with Crippen LogP contribution in [0.4, 0.5) is 5.82 Å². The van der Waals surface area contributed by atoms with Crippen molar-refractivity contribution >= 4 is 5.82 Å². The quantitative estimate of drug-likeness (QED) is 0.847. The lowest BCUT2D eigenvalue weighted by molar-refractivity contribution is 0.254. The maximum Gasteiger partial charge on any atom is 0.126 e. The van der Waals surface area contributed by atoms with Gasteiger partial charge < -0.3 is 10.2 Å². The first-order chi connectivity index (χ1) is 8.25. The highest BCUT2D eigenvalue weighted by Crippen LogP contribution is 2.21. The Bertz CT molecular complexity index is 345. The molecule has 1 heterocycles. The van der Waals surface area contributed by atoms with E-state index in [2.05, 4.69) is 22.2 Å². The Hall–Kier alpha value is -1.09. The number of anilines is 1. The van der Waals surface area contributed by atoms with E-state index in [1.807, 2.05) is 25.1 Å². The monoisotopic (exact) mass is 233 g/mol. The van der Waals surface area contributed by atoms with E-state index in [9.17, 15) is 0 Å². The summed E-state index contributed by atoms with van der Waals surface area (Å²) in [6.07, 6.45) is 5.56. The van der Waals surface area contributed by atoms with E-state index in [4.69, 9.17) is 0 Å². The van der Waals surface area contributed by atoms with Crippen molar-refractivity contribution in [3.8, 4) is 0 Å². The van der Waals surface area contributed by atoms with Crippen LogP contribution in [0.15, 0.2) is 18.2 Å². The van der Waals surface area contributed by atoms with E-state index in [1.54, 1.807) is 0 Å². The van der Waals surface area contributed by atoms with Gasteiger partial charge in [0.25, 0.3) is 0 Å². The van der Waals surface area contributed by atoms with Crippen LogP contribution in [0.2, 0.25) is 0 Å². The Morgan fingerprint density at radius 1 is 1.35 bits per heavy atom. The number of pyridine rings is 1. The van der Waals surface area contributed by atoms with Crippen LogP contribution in [0.25, 0.3) is 0 Å². The average Bonchev–Trinajstić information content (AvgIpc) is 2.82. The van der Waals surface area contributed by atoms with Gasteiger partial charge in [0.05, 0.1) is 0 Å². The van der Waals surface area contributed by atoms with Gasteiger partial charge in [-0.2, -0.15) is 0 Å². The topological polar surface area (TPSA) is 28.2 Å². The number of aryl methyl sites for hydroxylation is 1. The number of hydrogen-bond acceptors (Lipinski definition) is 3. The second-order valence-electron chi connectivity index (χ2n) is 5.01. The van der Waals surface area contributed by atoms with Crippen molar-refractivity contribution in [1.29, 1.82) is 0 Å². The second-order valence-corrected chi connectivity index (χ2v) is 5.01. The first-order valence-electron chi connectivity index (χ1n) is 6.63. The van der Waals surface area contributed by atoms with E-state index in [-0.39, 0.29) is 0 Å². The molecule has 3 heteroatoms. The summed E-state index contributed by atoms with van der Waals surface area (Å²) in [6.45, 7) is 4.10. The summed E-state index contributed by atoms with van der Waals surface area (Å²) in [4.78, 5) is 6.92. The Kier molecular flexibility index (Phi) is 4.37. The summed E-state index contributed by atoms with van der Waals surface area (Å²) < 4.78 is 0. The number of nitrogens with one attached hydrogen (secondary N) is 1. The molecule has 1 aromatic rings. The third kappa shape index (κ3) is 3.70. The lowest BCUT2D eigenvalue weighted by Gasteiger charge is -2.24. The molecule has 0 saturated heterocycles. The highest BCUT2D eigenvalue weighted by Gasteiger charge is 2.18. The molecule has 1 fully saturated rings. The molecule has 94 valence electrons. The van der Waals surface area contributed by atoms with E-state index in [1.165, 1.54) is 25.7 Å². The minimum atomic E-state index is 0.808. The molecule has 0 bridgehead atoms. The molecule has 0 spiro atoms. The summed E-state index contributed by atoms with van der Waals surface area (Å²) in [5.74, 6) is 0.991. The van der Waals surface area contributed by atoms with Crippen molar-refractivity contribution in [3.05, 3.63) is 23.9 Å². The number of likely N-dealkylation sites (N-methyl/N-ethyl adjacent to an activating group) is 1. The predicted molar refractivity (Wildman–Crippen MR) is 72.3 cm³/mol. The van der Waals surface area contributed by atoms with Crippen LogP contribution in [-0.4, -0.2) is 36.1 Å². The van der Waals surface area contributed by atoms with Crippen LogP contribution < -0.4 is 5.32 Å². The molecule has 1 aromatic heterocycles. The van der Waals surface area contributed by atoms with Crippen LogP contribution in [0.5, 0.6) is 0 Å². The lowest BCUT2D eigenvalue weighted by Crippen LogP contribution is -2.33. The van der Waals surface area contributed by atoms with Crippen molar-refractivity contribution in [2.24, 2.45) is 0 Å². The molecule has 0 amide bonds. The van der Waals surface area contributed by atoms with Gasteiger partial charge in [-0.05, 0) is 38.9 Å². The molecule has 0 aromatic carbocycles. The first kappa shape index (κ1) is 12.4. The van der Waals surface area contributed by atoms with Crippen molar-refractivity contribution in [3.63, 3.8) is 0 Å². The van der Waals surface area contributed by atoms with Crippen LogP contribution in [0, 0.1) is 6.92 Å². The van der Waals surface area contributed by atoms with Crippen molar-refractivity contribution in [1.82, 2.24) is 9.88 Å². The highest BCUT2D eigenvalue weighted by atomic mass is 15.1. The average molecular weight is 233 g/mol. The fourth-order valence-corrected chi connectivity index (χ4v) is 2.53. The van der Waals surface area contributed by atoms with Crippen molar-refractivity contribution in [2.75, 3.05) is 25.5 Å². The summed E-state index contributed by atoms with van der Waals surface area (Å²) in [6, 6.07) is 6.91. The number of rotatable bonds is 5. The van der Waals surface area contributed by atoms with E-state index in [0.717, 1.165) is 30.6 Å². The molecule has 1 saturated carbocycles. The molecule has 1 aliphatic carbocycles. The van der Waals surface area contributed by atoms with Gasteiger partial charge in [-0.3, -0.25) is 0 Å². The summed E-state index contributed by atoms with van der Waals surface area (Å²) >= 11 is 0. The van der Waals surface area contributed by atoms with E-state index >= 15 is 0 Å². The van der Waals surface area contributed by atoms with Crippen LogP contribution >= 0.6 is 0 Å². The summed E-state index contributed by atoms with van der Waals surface area (Å²) in [7, 11) is 2.24. The number of nitrogens with zero attached hydrogens (tertiary/aromatic N) is 2. The van der Waals surface area contributed by atoms with Gasteiger partial charge in [-0.25, -0.2) is 4.98 Å². The summed E-state index contributed by atoms with van der Waals surface area (Å²) in [5, 5.41) is 3.39. The highest BCUT2D eigenvalue weighted by molar-refractivity contribution is 5.34. The standard InChI is InChI=1S/C14H23N3/c1-12-6-5-9-14(16-12)15-10-11-17(2)13-7-3-4-8-13/h5-6,9,13H,3-4,7-8,10-11H2,1-2H3,(H,15,16). The molecule has 17 heavy (non-hydrogen) atoms. The summed E-state index contributed by atoms with van der Waals surface area (Å²) in [5.41, 5.74) is 1.07. The Morgan fingerprint density at radius 2 is 2.12 bits per heavy atom. The molecule has 2 rings (SSSR count). The molecule has 3 nitrogen and oxygen atoms in total. The second kappa shape index (κ2) is 6.01. The van der Waals surface area contributed by atoms with Gasteiger partial charge >= 0.3 is 0 Å². The lowest BCUT2D eigenvalue weighted by atomic mass is 10.2. The Labute approximate surface area is 104 Å². The molecular weight excluding hydrogens is 210 g/mol. The molecule has 0 aliphatic heterocycles. The van der Waals surface area contributed by atoms with Gasteiger partial charge in [0, 0.05) is 24.8 Å². The molecule has 0 unspecified atom stereocenters. The zero-order chi connectivity index (χ0) is 12.1.